The number of hydrogen-bond donors (Lipinski definition) is 1. The van der Waals surface area contributed by atoms with Crippen LogP contribution in [0.4, 0.5) is 22.7 Å². The molecule has 58 heavy (non-hydrogen) atoms. The molecule has 0 unspecified atom stereocenters. The van der Waals surface area contributed by atoms with Gasteiger partial charge in [-0.3, -0.25) is 10.4 Å². The molecule has 11 rings (SSSR count). The number of aryl methyl sites for hydroxylation is 1. The number of aliphatic imine (C=N–C) groups is 1. The Kier molecular flexibility index (Phi) is 8.61. The third kappa shape index (κ3) is 5.89. The lowest BCUT2D eigenvalue weighted by Crippen LogP contribution is -2.15. The molecule has 2 heterocycles. The van der Waals surface area contributed by atoms with E-state index in [1.807, 2.05) is 78.9 Å². The molecule has 1 aliphatic rings. The zero-order valence-electron chi connectivity index (χ0n) is 31.9. The van der Waals surface area contributed by atoms with E-state index in [0.717, 1.165) is 61.7 Å². The fourth-order valence-corrected chi connectivity index (χ4v) is 8.34. The van der Waals surface area contributed by atoms with Gasteiger partial charge >= 0.3 is 0 Å². The average molecular weight is 747 g/mol. The molecule has 9 aromatic carbocycles. The smallest absolute Gasteiger partial charge is 0.151 e. The van der Waals surface area contributed by atoms with Gasteiger partial charge in [-0.25, -0.2) is 0 Å². The monoisotopic (exact) mass is 746 g/mol. The van der Waals surface area contributed by atoms with Crippen molar-refractivity contribution in [1.29, 1.82) is 5.41 Å². The minimum atomic E-state index is 0.471. The number of hydrogen-bond acceptors (Lipinski definition) is 4. The number of ether oxygens (including phenoxy) is 1. The summed E-state index contributed by atoms with van der Waals surface area (Å²) in [6, 6.07) is 66.9. The van der Waals surface area contributed by atoms with Gasteiger partial charge in [0.05, 0.1) is 22.8 Å². The van der Waals surface area contributed by atoms with Gasteiger partial charge in [0.25, 0.3) is 0 Å². The molecular formula is C53H38N4O. The molecule has 0 atom stereocenters. The van der Waals surface area contributed by atoms with Crippen LogP contribution in [0.1, 0.15) is 11.1 Å². The van der Waals surface area contributed by atoms with Crippen LogP contribution in [0.2, 0.25) is 0 Å². The van der Waals surface area contributed by atoms with E-state index in [4.69, 9.17) is 10.1 Å². The summed E-state index contributed by atoms with van der Waals surface area (Å²) >= 11 is 0. The number of benzene rings is 9. The fourth-order valence-electron chi connectivity index (χ4n) is 8.34. The molecule has 0 fully saturated rings. The van der Waals surface area contributed by atoms with E-state index >= 15 is 0 Å². The molecular weight excluding hydrogens is 709 g/mol. The molecule has 276 valence electrons. The van der Waals surface area contributed by atoms with E-state index in [1.165, 1.54) is 38.1 Å². The van der Waals surface area contributed by atoms with Crippen LogP contribution in [-0.2, 0) is 7.05 Å². The third-order valence-corrected chi connectivity index (χ3v) is 11.2. The third-order valence-electron chi connectivity index (χ3n) is 11.2. The standard InChI is InChI=1S/C35H24N2O.C18H14N2/c1-36-29-18-16-24(21-28(29)35-27-12-6-5-9-23(27)15-19-31(35)36)25-17-20-34-32(22-25)37(26-10-3-2-4-11-26)30-13-7-8-14-33(30)38-34;1-20-18-15-10-6-5-7-13(15)11-12-16(18)17(19)14-8-3-2-4-9-14/h2-22H,1H3;2-12,19H,1H2. The average Bonchev–Trinajstić information content (AvgIpc) is 3.58. The SMILES string of the molecule is C=Nc1c(C(=N)c2ccccc2)ccc2ccccc12.Cn1c2ccc(-c3ccc4c(c3)N(c3ccccc3)c3ccccc3O4)cc2c2c3ccccc3ccc21. The van der Waals surface area contributed by atoms with Crippen LogP contribution in [0, 0.1) is 5.41 Å². The van der Waals surface area contributed by atoms with Gasteiger partial charge in [-0.2, -0.15) is 0 Å². The Hall–Kier alpha value is -7.76. The van der Waals surface area contributed by atoms with E-state index < -0.39 is 0 Å². The zero-order chi connectivity index (χ0) is 39.2. The van der Waals surface area contributed by atoms with Crippen LogP contribution >= 0.6 is 0 Å². The predicted octanol–water partition coefficient (Wildman–Crippen LogP) is 14.3. The quantitative estimate of drug-likeness (QED) is 0.178. The van der Waals surface area contributed by atoms with Crippen LogP contribution in [-0.4, -0.2) is 17.0 Å². The predicted molar refractivity (Wildman–Crippen MR) is 244 cm³/mol. The molecule has 0 bridgehead atoms. The highest BCUT2D eigenvalue weighted by Crippen LogP contribution is 2.51. The molecule has 1 aromatic heterocycles. The van der Waals surface area contributed by atoms with Crippen molar-refractivity contribution in [3.8, 4) is 22.6 Å². The van der Waals surface area contributed by atoms with E-state index in [0.29, 0.717) is 5.71 Å². The number of anilines is 3. The Morgan fingerprint density at radius 1 is 0.534 bits per heavy atom. The summed E-state index contributed by atoms with van der Waals surface area (Å²) < 4.78 is 8.66. The first-order valence-electron chi connectivity index (χ1n) is 19.4. The minimum Gasteiger partial charge on any atom is -0.453 e. The van der Waals surface area contributed by atoms with Crippen molar-refractivity contribution in [3.63, 3.8) is 0 Å². The molecule has 0 radical (unpaired) electrons. The summed E-state index contributed by atoms with van der Waals surface area (Å²) in [6.45, 7) is 3.67. The van der Waals surface area contributed by atoms with Crippen LogP contribution in [0.15, 0.2) is 199 Å². The molecule has 10 aromatic rings. The molecule has 0 spiro atoms. The summed E-state index contributed by atoms with van der Waals surface area (Å²) in [7, 11) is 2.16. The lowest BCUT2D eigenvalue weighted by molar-refractivity contribution is 0.477. The molecule has 0 aliphatic carbocycles. The summed E-state index contributed by atoms with van der Waals surface area (Å²) in [4.78, 5) is 6.45. The zero-order valence-corrected chi connectivity index (χ0v) is 31.9. The van der Waals surface area contributed by atoms with Crippen molar-refractivity contribution in [2.75, 3.05) is 4.90 Å². The highest BCUT2D eigenvalue weighted by Gasteiger charge is 2.26. The van der Waals surface area contributed by atoms with E-state index in [1.54, 1.807) is 0 Å². The Balaban J connectivity index is 0.000000172. The summed E-state index contributed by atoms with van der Waals surface area (Å²) in [5.41, 5.74) is 11.0. The van der Waals surface area contributed by atoms with Gasteiger partial charge in [0.1, 0.15) is 0 Å². The van der Waals surface area contributed by atoms with Gasteiger partial charge in [-0.05, 0) is 94.7 Å². The topological polar surface area (TPSA) is 53.6 Å². The van der Waals surface area contributed by atoms with Gasteiger partial charge in [0, 0.05) is 51.1 Å². The summed E-state index contributed by atoms with van der Waals surface area (Å²) in [5.74, 6) is 1.72. The van der Waals surface area contributed by atoms with E-state index in [2.05, 4.69) is 143 Å². The largest absolute Gasteiger partial charge is 0.453 e. The fraction of sp³-hybridized carbons (Fsp3) is 0.0189. The number of nitrogens with one attached hydrogen (secondary N) is 1. The van der Waals surface area contributed by atoms with Gasteiger partial charge in [-0.15, -0.1) is 0 Å². The van der Waals surface area contributed by atoms with Gasteiger partial charge in [0.15, 0.2) is 11.5 Å². The van der Waals surface area contributed by atoms with Crippen molar-refractivity contribution in [3.05, 3.63) is 205 Å². The van der Waals surface area contributed by atoms with Crippen molar-refractivity contribution >= 4 is 78.5 Å². The van der Waals surface area contributed by atoms with Crippen LogP contribution < -0.4 is 9.64 Å². The molecule has 0 amide bonds. The molecule has 1 N–H and O–H groups in total. The highest BCUT2D eigenvalue weighted by molar-refractivity contribution is 6.21. The minimum absolute atomic E-state index is 0.471. The molecule has 5 nitrogen and oxygen atoms in total. The Bertz CT molecular complexity index is 3200. The van der Waals surface area contributed by atoms with Crippen LogP contribution in [0.25, 0.3) is 54.5 Å². The number of para-hydroxylation sites is 3. The lowest BCUT2D eigenvalue weighted by atomic mass is 9.97. The Morgan fingerprint density at radius 3 is 1.93 bits per heavy atom. The number of aromatic nitrogens is 1. The normalized spacial score (nSPS) is 11.8. The van der Waals surface area contributed by atoms with Gasteiger partial charge < -0.3 is 14.2 Å². The first-order valence-corrected chi connectivity index (χ1v) is 19.4. The highest BCUT2D eigenvalue weighted by atomic mass is 16.5. The van der Waals surface area contributed by atoms with Gasteiger partial charge in [-0.1, -0.05) is 133 Å². The maximum Gasteiger partial charge on any atom is 0.151 e. The second-order valence-corrected chi connectivity index (χ2v) is 14.5. The Labute approximate surface area is 336 Å². The van der Waals surface area contributed by atoms with Gasteiger partial charge in [0.2, 0.25) is 0 Å². The molecule has 0 saturated carbocycles. The molecule has 5 heteroatoms. The van der Waals surface area contributed by atoms with E-state index in [-0.39, 0.29) is 0 Å². The Morgan fingerprint density at radius 2 is 1.14 bits per heavy atom. The van der Waals surface area contributed by atoms with Crippen molar-refractivity contribution < 1.29 is 4.74 Å². The maximum absolute atomic E-state index is 8.40. The van der Waals surface area contributed by atoms with E-state index in [9.17, 15) is 0 Å². The lowest BCUT2D eigenvalue weighted by Gasteiger charge is -2.33. The molecule has 1 aliphatic heterocycles. The van der Waals surface area contributed by atoms with Crippen LogP contribution in [0.3, 0.4) is 0 Å². The van der Waals surface area contributed by atoms with Crippen LogP contribution in [0.5, 0.6) is 11.5 Å². The summed E-state index contributed by atoms with van der Waals surface area (Å²) in [6.07, 6.45) is 0. The second-order valence-electron chi connectivity index (χ2n) is 14.5. The second kappa shape index (κ2) is 14.4. The number of rotatable bonds is 5. The number of fused-ring (bicyclic) bond motifs is 8. The van der Waals surface area contributed by atoms with Crippen molar-refractivity contribution in [1.82, 2.24) is 4.57 Å². The maximum atomic E-state index is 8.40. The summed E-state index contributed by atoms with van der Waals surface area (Å²) in [5, 5.41) is 15.7. The van der Waals surface area contributed by atoms with Crippen molar-refractivity contribution in [2.24, 2.45) is 12.0 Å². The first kappa shape index (κ1) is 34.7. The van der Waals surface area contributed by atoms with Crippen molar-refractivity contribution in [2.45, 2.75) is 0 Å². The first-order chi connectivity index (χ1) is 28.6. The number of nitrogens with zero attached hydrogens (tertiary/aromatic N) is 3. The molecule has 0 saturated heterocycles.